The Morgan fingerprint density at radius 1 is 1.13 bits per heavy atom. The Balaban J connectivity index is 1.76. The van der Waals surface area contributed by atoms with Gasteiger partial charge in [0.15, 0.2) is 5.65 Å². The van der Waals surface area contributed by atoms with Crippen molar-refractivity contribution in [1.29, 1.82) is 0 Å². The van der Waals surface area contributed by atoms with Crippen molar-refractivity contribution in [2.75, 3.05) is 0 Å². The summed E-state index contributed by atoms with van der Waals surface area (Å²) in [5.41, 5.74) is 2.13. The minimum Gasteiger partial charge on any atom is -0.341 e. The molecule has 1 amide bonds. The summed E-state index contributed by atoms with van der Waals surface area (Å²) >= 11 is 6.21. The van der Waals surface area contributed by atoms with Gasteiger partial charge in [0, 0.05) is 33.5 Å². The molecule has 11 heteroatoms. The molecule has 2 aromatic carbocycles. The van der Waals surface area contributed by atoms with Gasteiger partial charge in [-0.15, -0.1) is 0 Å². The van der Waals surface area contributed by atoms with Crippen LogP contribution >= 0.6 is 11.6 Å². The average Bonchev–Trinajstić information content (AvgIpc) is 3.32. The number of primary sulfonamides is 1. The highest BCUT2D eigenvalue weighted by Crippen LogP contribution is 2.40. The Bertz CT molecular complexity index is 1500. The minimum atomic E-state index is -4.24. The number of nitrogens with zero attached hydrogens (tertiary/aromatic N) is 3. The maximum Gasteiger partial charge on any atom is 0.252 e. The quantitative estimate of drug-likeness (QED) is 0.490. The lowest BCUT2D eigenvalue weighted by molar-refractivity contribution is 0.0960. The molecular formula is C20H13ClFN5O3S. The summed E-state index contributed by atoms with van der Waals surface area (Å²) in [7, 11) is -4.24. The van der Waals surface area contributed by atoms with E-state index in [-0.39, 0.29) is 26.6 Å². The number of nitrogens with one attached hydrogen (secondary N) is 1. The van der Waals surface area contributed by atoms with Gasteiger partial charge in [-0.3, -0.25) is 4.79 Å². The van der Waals surface area contributed by atoms with Gasteiger partial charge in [-0.2, -0.15) is 5.10 Å². The van der Waals surface area contributed by atoms with E-state index in [0.29, 0.717) is 16.8 Å². The first-order valence-electron chi connectivity index (χ1n) is 8.99. The standard InChI is InChI=1S/C20H13ClFN5O3S/c21-15-3-2-12(22)7-13(15)19-18-14(20(28)26-19)5-11(6-16(18)31(23,29)30)10-1-4-17-24-9-25-27(17)8-10/h1-9,19H,(H,26,28)(H2,23,29,30)/t19-/m1/s1. The SMILES string of the molecule is NS(=O)(=O)c1cc(-c2ccc3ncnn3c2)cc2c1[C@@H](c1cc(F)ccc1Cl)NC2=O. The second-order valence-corrected chi connectivity index (χ2v) is 8.97. The molecule has 31 heavy (non-hydrogen) atoms. The second kappa shape index (κ2) is 6.84. The second-order valence-electron chi connectivity index (χ2n) is 7.03. The van der Waals surface area contributed by atoms with Gasteiger partial charge in [0.05, 0.1) is 10.9 Å². The number of rotatable bonds is 3. The van der Waals surface area contributed by atoms with E-state index in [0.717, 1.165) is 6.07 Å². The summed E-state index contributed by atoms with van der Waals surface area (Å²) in [6.45, 7) is 0. The van der Waals surface area contributed by atoms with Gasteiger partial charge in [0.2, 0.25) is 10.0 Å². The van der Waals surface area contributed by atoms with Crippen molar-refractivity contribution in [2.45, 2.75) is 10.9 Å². The normalized spacial score (nSPS) is 15.8. The minimum absolute atomic E-state index is 0.116. The molecule has 3 heterocycles. The van der Waals surface area contributed by atoms with Gasteiger partial charge >= 0.3 is 0 Å². The van der Waals surface area contributed by atoms with Gasteiger partial charge in [-0.25, -0.2) is 27.4 Å². The number of sulfonamides is 1. The molecule has 0 unspecified atom stereocenters. The zero-order valence-corrected chi connectivity index (χ0v) is 17.2. The lowest BCUT2D eigenvalue weighted by Gasteiger charge is -2.17. The number of nitrogens with two attached hydrogens (primary N) is 1. The summed E-state index contributed by atoms with van der Waals surface area (Å²) in [6.07, 6.45) is 3.04. The van der Waals surface area contributed by atoms with E-state index in [2.05, 4.69) is 15.4 Å². The lowest BCUT2D eigenvalue weighted by atomic mass is 9.95. The van der Waals surface area contributed by atoms with Gasteiger partial charge in [0.1, 0.15) is 12.1 Å². The predicted molar refractivity (Wildman–Crippen MR) is 111 cm³/mol. The van der Waals surface area contributed by atoms with Gasteiger partial charge in [-0.1, -0.05) is 11.6 Å². The maximum atomic E-state index is 13.9. The molecule has 0 fully saturated rings. The van der Waals surface area contributed by atoms with E-state index in [1.807, 2.05) is 0 Å². The molecule has 156 valence electrons. The van der Waals surface area contributed by atoms with Crippen LogP contribution in [0, 0.1) is 5.82 Å². The summed E-state index contributed by atoms with van der Waals surface area (Å²) in [6, 6.07) is 9.08. The zero-order chi connectivity index (χ0) is 21.9. The third-order valence-corrected chi connectivity index (χ3v) is 6.43. The Labute approximate surface area is 180 Å². The van der Waals surface area contributed by atoms with E-state index in [9.17, 15) is 17.6 Å². The fourth-order valence-electron chi connectivity index (χ4n) is 3.75. The number of hydrogen-bond donors (Lipinski definition) is 2. The van der Waals surface area contributed by atoms with Crippen LogP contribution in [-0.4, -0.2) is 28.9 Å². The lowest BCUT2D eigenvalue weighted by Crippen LogP contribution is -2.22. The number of fused-ring (bicyclic) bond motifs is 2. The van der Waals surface area contributed by atoms with Crippen molar-refractivity contribution in [2.24, 2.45) is 5.14 Å². The Morgan fingerprint density at radius 2 is 1.94 bits per heavy atom. The number of aromatic nitrogens is 3. The van der Waals surface area contributed by atoms with Crippen LogP contribution < -0.4 is 10.5 Å². The van der Waals surface area contributed by atoms with Crippen molar-refractivity contribution >= 4 is 33.2 Å². The first-order chi connectivity index (χ1) is 14.7. The van der Waals surface area contributed by atoms with E-state index in [1.165, 1.54) is 29.0 Å². The number of pyridine rings is 1. The molecule has 0 radical (unpaired) electrons. The molecular weight excluding hydrogens is 445 g/mol. The Kier molecular flexibility index (Phi) is 4.33. The van der Waals surface area contributed by atoms with Crippen molar-refractivity contribution in [3.63, 3.8) is 0 Å². The highest BCUT2D eigenvalue weighted by molar-refractivity contribution is 7.89. The number of benzene rings is 2. The molecule has 4 aromatic rings. The Hall–Kier alpha value is -3.34. The van der Waals surface area contributed by atoms with Crippen LogP contribution in [0.25, 0.3) is 16.8 Å². The zero-order valence-electron chi connectivity index (χ0n) is 15.6. The van der Waals surface area contributed by atoms with Crippen molar-refractivity contribution in [3.8, 4) is 11.1 Å². The third kappa shape index (κ3) is 3.25. The monoisotopic (exact) mass is 457 g/mol. The first kappa shape index (κ1) is 19.6. The maximum absolute atomic E-state index is 13.9. The van der Waals surface area contributed by atoms with E-state index >= 15 is 0 Å². The molecule has 3 N–H and O–H groups in total. The third-order valence-electron chi connectivity index (χ3n) is 5.13. The number of amides is 1. The predicted octanol–water partition coefficient (Wildman–Crippen LogP) is 2.67. The number of carbonyl (C=O) groups excluding carboxylic acids is 1. The molecule has 1 aliphatic heterocycles. The largest absolute Gasteiger partial charge is 0.341 e. The number of halogens is 2. The van der Waals surface area contributed by atoms with E-state index in [1.54, 1.807) is 24.4 Å². The summed E-state index contributed by atoms with van der Waals surface area (Å²) < 4.78 is 40.4. The van der Waals surface area contributed by atoms with Gasteiger partial charge in [-0.05, 0) is 48.0 Å². The van der Waals surface area contributed by atoms with Gasteiger partial charge < -0.3 is 5.32 Å². The van der Waals surface area contributed by atoms with Crippen LogP contribution in [0.4, 0.5) is 4.39 Å². The van der Waals surface area contributed by atoms with E-state index < -0.39 is 27.8 Å². The highest BCUT2D eigenvalue weighted by atomic mass is 35.5. The molecule has 0 saturated carbocycles. The van der Waals surface area contributed by atoms with Crippen molar-refractivity contribution in [3.05, 3.63) is 82.5 Å². The topological polar surface area (TPSA) is 119 Å². The fourth-order valence-corrected chi connectivity index (χ4v) is 4.80. The summed E-state index contributed by atoms with van der Waals surface area (Å²) in [4.78, 5) is 16.6. The van der Waals surface area contributed by atoms with E-state index in [4.69, 9.17) is 16.7 Å². The molecule has 0 bridgehead atoms. The van der Waals surface area contributed by atoms with Crippen LogP contribution in [0.2, 0.25) is 5.02 Å². The molecule has 8 nitrogen and oxygen atoms in total. The fraction of sp³-hybridized carbons (Fsp3) is 0.0500. The van der Waals surface area contributed by atoms with Crippen molar-refractivity contribution < 1.29 is 17.6 Å². The molecule has 1 aliphatic rings. The van der Waals surface area contributed by atoms with Crippen LogP contribution in [0.1, 0.15) is 27.5 Å². The Morgan fingerprint density at radius 3 is 2.71 bits per heavy atom. The van der Waals surface area contributed by atoms with Crippen LogP contribution in [0.3, 0.4) is 0 Å². The first-order valence-corrected chi connectivity index (χ1v) is 10.9. The molecule has 0 aliphatic carbocycles. The van der Waals surface area contributed by atoms with Crippen molar-refractivity contribution in [1.82, 2.24) is 19.9 Å². The number of carbonyl (C=O) groups is 1. The molecule has 2 aromatic heterocycles. The molecule has 0 saturated heterocycles. The molecule has 0 spiro atoms. The van der Waals surface area contributed by atoms with Gasteiger partial charge in [0.25, 0.3) is 5.91 Å². The van der Waals surface area contributed by atoms with Crippen LogP contribution in [0.5, 0.6) is 0 Å². The molecule has 5 rings (SSSR count). The highest BCUT2D eigenvalue weighted by Gasteiger charge is 2.36. The smallest absolute Gasteiger partial charge is 0.252 e. The summed E-state index contributed by atoms with van der Waals surface area (Å²) in [5.74, 6) is -1.09. The van der Waals surface area contributed by atoms with Crippen LogP contribution in [-0.2, 0) is 10.0 Å². The summed E-state index contributed by atoms with van der Waals surface area (Å²) in [5, 5.41) is 12.4. The molecule has 1 atom stereocenters. The average molecular weight is 458 g/mol. The van der Waals surface area contributed by atoms with Crippen LogP contribution in [0.15, 0.2) is 59.9 Å². The number of hydrogen-bond acceptors (Lipinski definition) is 5.